The highest BCUT2D eigenvalue weighted by molar-refractivity contribution is 5.33. The van der Waals surface area contributed by atoms with E-state index < -0.39 is 5.82 Å². The molecule has 0 radical (unpaired) electrons. The van der Waals surface area contributed by atoms with E-state index >= 15 is 0 Å². The smallest absolute Gasteiger partial charge is 0.165 e. The van der Waals surface area contributed by atoms with Gasteiger partial charge in [0.05, 0.1) is 7.11 Å². The normalized spacial score (nSPS) is 10.1. The SMILES string of the molecule is COc1ccc(COc2cccc(O)c2)cc1F. The number of hydrogen-bond donors (Lipinski definition) is 1. The summed E-state index contributed by atoms with van der Waals surface area (Å²) in [5, 5.41) is 9.27. The van der Waals surface area contributed by atoms with Crippen molar-refractivity contribution in [2.45, 2.75) is 6.61 Å². The minimum Gasteiger partial charge on any atom is -0.508 e. The van der Waals surface area contributed by atoms with Crippen molar-refractivity contribution < 1.29 is 19.0 Å². The van der Waals surface area contributed by atoms with E-state index in [9.17, 15) is 9.50 Å². The largest absolute Gasteiger partial charge is 0.508 e. The number of hydrogen-bond acceptors (Lipinski definition) is 3. The Morgan fingerprint density at radius 3 is 2.67 bits per heavy atom. The van der Waals surface area contributed by atoms with Gasteiger partial charge < -0.3 is 14.6 Å². The minimum atomic E-state index is -0.422. The first-order valence-electron chi connectivity index (χ1n) is 5.43. The highest BCUT2D eigenvalue weighted by Crippen LogP contribution is 2.21. The van der Waals surface area contributed by atoms with Crippen molar-refractivity contribution in [3.05, 3.63) is 53.8 Å². The molecule has 0 bridgehead atoms. The molecular formula is C14H13FO3. The topological polar surface area (TPSA) is 38.7 Å². The number of aromatic hydroxyl groups is 1. The fourth-order valence-electron chi connectivity index (χ4n) is 1.54. The molecule has 0 unspecified atom stereocenters. The summed E-state index contributed by atoms with van der Waals surface area (Å²) in [7, 11) is 1.42. The molecule has 2 aromatic rings. The summed E-state index contributed by atoms with van der Waals surface area (Å²) >= 11 is 0. The second kappa shape index (κ2) is 5.40. The number of rotatable bonds is 4. The number of halogens is 1. The fraction of sp³-hybridized carbons (Fsp3) is 0.143. The molecule has 1 N–H and O–H groups in total. The summed E-state index contributed by atoms with van der Waals surface area (Å²) in [6.07, 6.45) is 0. The molecule has 0 atom stereocenters. The van der Waals surface area contributed by atoms with E-state index in [2.05, 4.69) is 0 Å². The molecule has 0 spiro atoms. The average Bonchev–Trinajstić information content (AvgIpc) is 2.37. The molecule has 0 saturated heterocycles. The predicted molar refractivity (Wildman–Crippen MR) is 65.4 cm³/mol. The Kier molecular flexibility index (Phi) is 3.67. The zero-order valence-corrected chi connectivity index (χ0v) is 9.89. The molecule has 0 saturated carbocycles. The van der Waals surface area contributed by atoms with Gasteiger partial charge in [-0.2, -0.15) is 0 Å². The number of benzene rings is 2. The molecule has 0 amide bonds. The molecule has 3 nitrogen and oxygen atoms in total. The van der Waals surface area contributed by atoms with Crippen LogP contribution in [0.25, 0.3) is 0 Å². The van der Waals surface area contributed by atoms with Crippen molar-refractivity contribution in [2.24, 2.45) is 0 Å². The van der Waals surface area contributed by atoms with Crippen LogP contribution < -0.4 is 9.47 Å². The van der Waals surface area contributed by atoms with E-state index in [0.717, 1.165) is 0 Å². The van der Waals surface area contributed by atoms with Crippen LogP contribution in [0.4, 0.5) is 4.39 Å². The Morgan fingerprint density at radius 2 is 2.00 bits per heavy atom. The molecular weight excluding hydrogens is 235 g/mol. The average molecular weight is 248 g/mol. The number of ether oxygens (including phenoxy) is 2. The van der Waals surface area contributed by atoms with Gasteiger partial charge in [-0.25, -0.2) is 4.39 Å². The highest BCUT2D eigenvalue weighted by Gasteiger charge is 2.04. The zero-order chi connectivity index (χ0) is 13.0. The zero-order valence-electron chi connectivity index (χ0n) is 9.89. The molecule has 0 aliphatic rings. The van der Waals surface area contributed by atoms with Crippen molar-refractivity contribution in [3.63, 3.8) is 0 Å². The molecule has 2 aromatic carbocycles. The van der Waals surface area contributed by atoms with Crippen molar-refractivity contribution >= 4 is 0 Å². The monoisotopic (exact) mass is 248 g/mol. The number of phenols is 1. The van der Waals surface area contributed by atoms with E-state index in [1.807, 2.05) is 0 Å². The second-order valence-corrected chi connectivity index (χ2v) is 3.75. The molecule has 4 heteroatoms. The van der Waals surface area contributed by atoms with Crippen LogP contribution in [-0.4, -0.2) is 12.2 Å². The van der Waals surface area contributed by atoms with Crippen LogP contribution in [0.15, 0.2) is 42.5 Å². The van der Waals surface area contributed by atoms with E-state index in [-0.39, 0.29) is 18.1 Å². The number of methoxy groups -OCH3 is 1. The maximum absolute atomic E-state index is 13.4. The molecule has 0 aliphatic heterocycles. The standard InChI is InChI=1S/C14H13FO3/c1-17-14-6-5-10(7-13(14)15)9-18-12-4-2-3-11(16)8-12/h2-8,16H,9H2,1H3. The number of phenolic OH excluding ortho intramolecular Hbond substituents is 1. The van der Waals surface area contributed by atoms with E-state index in [4.69, 9.17) is 9.47 Å². The van der Waals surface area contributed by atoms with E-state index in [1.54, 1.807) is 30.3 Å². The maximum Gasteiger partial charge on any atom is 0.165 e. The van der Waals surface area contributed by atoms with Crippen molar-refractivity contribution in [1.82, 2.24) is 0 Å². The Labute approximate surface area is 104 Å². The quantitative estimate of drug-likeness (QED) is 0.903. The van der Waals surface area contributed by atoms with Crippen LogP contribution >= 0.6 is 0 Å². The first kappa shape index (κ1) is 12.2. The third-order valence-corrected chi connectivity index (χ3v) is 2.44. The van der Waals surface area contributed by atoms with Crippen molar-refractivity contribution in [1.29, 1.82) is 0 Å². The van der Waals surface area contributed by atoms with Gasteiger partial charge in [-0.3, -0.25) is 0 Å². The summed E-state index contributed by atoms with van der Waals surface area (Å²) in [5.74, 6) is 0.449. The van der Waals surface area contributed by atoms with Gasteiger partial charge in [0.2, 0.25) is 0 Å². The van der Waals surface area contributed by atoms with Gasteiger partial charge in [0, 0.05) is 6.07 Å². The Balaban J connectivity index is 2.04. The predicted octanol–water partition coefficient (Wildman–Crippen LogP) is 3.12. The second-order valence-electron chi connectivity index (χ2n) is 3.75. The summed E-state index contributed by atoms with van der Waals surface area (Å²) in [5.41, 5.74) is 0.691. The first-order chi connectivity index (χ1) is 8.69. The van der Waals surface area contributed by atoms with Crippen LogP contribution in [0.1, 0.15) is 5.56 Å². The van der Waals surface area contributed by atoms with Gasteiger partial charge in [0.25, 0.3) is 0 Å². The molecule has 0 aliphatic carbocycles. The van der Waals surface area contributed by atoms with E-state index in [0.29, 0.717) is 11.3 Å². The lowest BCUT2D eigenvalue weighted by atomic mass is 10.2. The Bertz CT molecular complexity index is 540. The van der Waals surface area contributed by atoms with Gasteiger partial charge in [0.1, 0.15) is 18.1 Å². The molecule has 2 rings (SSSR count). The highest BCUT2D eigenvalue weighted by atomic mass is 19.1. The van der Waals surface area contributed by atoms with Gasteiger partial charge in [-0.05, 0) is 29.8 Å². The Hall–Kier alpha value is -2.23. The van der Waals surface area contributed by atoms with E-state index in [1.165, 1.54) is 19.2 Å². The molecule has 94 valence electrons. The van der Waals surface area contributed by atoms with Gasteiger partial charge in [-0.15, -0.1) is 0 Å². The molecule has 0 fully saturated rings. The van der Waals surface area contributed by atoms with Gasteiger partial charge in [0.15, 0.2) is 11.6 Å². The minimum absolute atomic E-state index is 0.133. The molecule has 18 heavy (non-hydrogen) atoms. The van der Waals surface area contributed by atoms with Crippen LogP contribution in [-0.2, 0) is 6.61 Å². The molecule has 0 aromatic heterocycles. The fourth-order valence-corrected chi connectivity index (χ4v) is 1.54. The van der Waals surface area contributed by atoms with Crippen LogP contribution in [0.5, 0.6) is 17.2 Å². The van der Waals surface area contributed by atoms with Crippen molar-refractivity contribution in [3.8, 4) is 17.2 Å². The van der Waals surface area contributed by atoms with Crippen molar-refractivity contribution in [2.75, 3.05) is 7.11 Å². The van der Waals surface area contributed by atoms with Crippen LogP contribution in [0.3, 0.4) is 0 Å². The maximum atomic E-state index is 13.4. The summed E-state index contributed by atoms with van der Waals surface area (Å²) in [4.78, 5) is 0. The lowest BCUT2D eigenvalue weighted by Gasteiger charge is -2.08. The van der Waals surface area contributed by atoms with Crippen LogP contribution in [0.2, 0.25) is 0 Å². The summed E-state index contributed by atoms with van der Waals surface area (Å²) in [6.45, 7) is 0.227. The van der Waals surface area contributed by atoms with Gasteiger partial charge >= 0.3 is 0 Å². The summed E-state index contributed by atoms with van der Waals surface area (Å²) < 4.78 is 23.7. The lowest BCUT2D eigenvalue weighted by molar-refractivity contribution is 0.303. The third-order valence-electron chi connectivity index (χ3n) is 2.44. The lowest BCUT2D eigenvalue weighted by Crippen LogP contribution is -1.97. The Morgan fingerprint density at radius 1 is 1.17 bits per heavy atom. The summed E-state index contributed by atoms with van der Waals surface area (Å²) in [6, 6.07) is 11.1. The van der Waals surface area contributed by atoms with Gasteiger partial charge in [-0.1, -0.05) is 12.1 Å². The third kappa shape index (κ3) is 2.91. The first-order valence-corrected chi connectivity index (χ1v) is 5.43. The molecule has 0 heterocycles. The van der Waals surface area contributed by atoms with Crippen LogP contribution in [0, 0.1) is 5.82 Å².